The van der Waals surface area contributed by atoms with E-state index < -0.39 is 28.3 Å². The largest absolute Gasteiger partial charge is 0.452 e. The first kappa shape index (κ1) is 18.7. The number of nitrogens with zero attached hydrogens (tertiary/aromatic N) is 1. The standard InChI is InChI=1S/C16H18BrNO5S/c1-18(14-7-8-24(21,22)11-14)15(19)10-23-16(20)6-5-12-3-2-4-13(17)9-12/h2-6,9,14H,7-8,10-11H2,1H3/b6-5+/t14-/m0/s1. The number of hydrogen-bond acceptors (Lipinski definition) is 5. The molecule has 0 spiro atoms. The molecule has 1 aliphatic rings. The molecule has 8 heteroatoms. The van der Waals surface area contributed by atoms with Crippen LogP contribution in [-0.4, -0.2) is 56.4 Å². The lowest BCUT2D eigenvalue weighted by atomic mass is 10.2. The van der Waals surface area contributed by atoms with Crippen molar-refractivity contribution in [2.24, 2.45) is 0 Å². The van der Waals surface area contributed by atoms with Crippen molar-refractivity contribution in [1.82, 2.24) is 4.90 Å². The van der Waals surface area contributed by atoms with Crippen LogP contribution in [0.3, 0.4) is 0 Å². The van der Waals surface area contributed by atoms with E-state index in [1.54, 1.807) is 6.08 Å². The minimum Gasteiger partial charge on any atom is -0.452 e. The first-order valence-corrected chi connectivity index (χ1v) is 9.95. The molecule has 1 fully saturated rings. The maximum atomic E-state index is 12.0. The molecule has 1 aromatic rings. The molecule has 0 unspecified atom stereocenters. The lowest BCUT2D eigenvalue weighted by molar-refractivity contribution is -0.148. The fourth-order valence-corrected chi connectivity index (χ4v) is 4.53. The molecule has 0 aromatic heterocycles. The normalized spacial score (nSPS) is 19.3. The average molecular weight is 416 g/mol. The number of ether oxygens (including phenoxy) is 1. The highest BCUT2D eigenvalue weighted by molar-refractivity contribution is 9.10. The predicted octanol–water partition coefficient (Wildman–Crippen LogP) is 1.65. The Morgan fingerprint density at radius 1 is 1.42 bits per heavy atom. The first-order chi connectivity index (χ1) is 11.3. The predicted molar refractivity (Wildman–Crippen MR) is 94.0 cm³/mol. The fraction of sp³-hybridized carbons (Fsp3) is 0.375. The quantitative estimate of drug-likeness (QED) is 0.539. The smallest absolute Gasteiger partial charge is 0.331 e. The molecule has 1 saturated heterocycles. The van der Waals surface area contributed by atoms with Crippen LogP contribution in [0.15, 0.2) is 34.8 Å². The molecule has 2 rings (SSSR count). The van der Waals surface area contributed by atoms with E-state index in [0.717, 1.165) is 10.0 Å². The Hall–Kier alpha value is -1.67. The minimum atomic E-state index is -3.06. The Labute approximate surface area is 149 Å². The Bertz CT molecular complexity index is 759. The van der Waals surface area contributed by atoms with Crippen molar-refractivity contribution in [3.8, 4) is 0 Å². The van der Waals surface area contributed by atoms with Gasteiger partial charge in [-0.1, -0.05) is 28.1 Å². The molecule has 130 valence electrons. The molecule has 1 heterocycles. The number of carbonyl (C=O) groups excluding carboxylic acids is 2. The SMILES string of the molecule is CN(C(=O)COC(=O)/C=C/c1cccc(Br)c1)[C@H]1CCS(=O)(=O)C1. The molecule has 0 N–H and O–H groups in total. The third kappa shape index (κ3) is 5.45. The molecular formula is C16H18BrNO5S. The highest BCUT2D eigenvalue weighted by Crippen LogP contribution is 2.16. The summed E-state index contributed by atoms with van der Waals surface area (Å²) in [6.07, 6.45) is 3.25. The van der Waals surface area contributed by atoms with E-state index in [0.29, 0.717) is 6.42 Å². The van der Waals surface area contributed by atoms with Crippen LogP contribution >= 0.6 is 15.9 Å². The molecule has 6 nitrogen and oxygen atoms in total. The van der Waals surface area contributed by atoms with Crippen LogP contribution < -0.4 is 0 Å². The minimum absolute atomic E-state index is 0.0357. The Kier molecular flexibility index (Phi) is 6.17. The van der Waals surface area contributed by atoms with Gasteiger partial charge in [-0.3, -0.25) is 4.79 Å². The molecule has 1 aromatic carbocycles. The van der Waals surface area contributed by atoms with Crippen molar-refractivity contribution in [2.75, 3.05) is 25.2 Å². The van der Waals surface area contributed by atoms with Gasteiger partial charge in [0.2, 0.25) is 0 Å². The molecule has 0 bridgehead atoms. The number of amides is 1. The maximum absolute atomic E-state index is 12.0. The van der Waals surface area contributed by atoms with Gasteiger partial charge in [0, 0.05) is 23.6 Å². The average Bonchev–Trinajstić information content (AvgIpc) is 2.90. The number of rotatable bonds is 5. The summed E-state index contributed by atoms with van der Waals surface area (Å²) in [6.45, 7) is -0.408. The number of likely N-dealkylation sites (N-methyl/N-ethyl adjacent to an activating group) is 1. The summed E-state index contributed by atoms with van der Waals surface area (Å²) in [5, 5.41) is 0. The summed E-state index contributed by atoms with van der Waals surface area (Å²) in [7, 11) is -1.54. The third-order valence-corrected chi connectivity index (χ3v) is 5.99. The zero-order chi connectivity index (χ0) is 17.7. The van der Waals surface area contributed by atoms with Gasteiger partial charge in [-0.15, -0.1) is 0 Å². The lowest BCUT2D eigenvalue weighted by Gasteiger charge is -2.22. The van der Waals surface area contributed by atoms with E-state index in [-0.39, 0.29) is 17.5 Å². The number of carbonyl (C=O) groups is 2. The summed E-state index contributed by atoms with van der Waals surface area (Å²) < 4.78 is 28.7. The number of halogens is 1. The topological polar surface area (TPSA) is 80.8 Å². The molecule has 1 atom stereocenters. The summed E-state index contributed by atoms with van der Waals surface area (Å²) in [5.74, 6) is -0.992. The van der Waals surface area contributed by atoms with Crippen molar-refractivity contribution in [1.29, 1.82) is 0 Å². The summed E-state index contributed by atoms with van der Waals surface area (Å²) >= 11 is 3.33. The van der Waals surface area contributed by atoms with E-state index in [1.807, 2.05) is 24.3 Å². The van der Waals surface area contributed by atoms with E-state index in [2.05, 4.69) is 15.9 Å². The van der Waals surface area contributed by atoms with Crippen LogP contribution in [0.1, 0.15) is 12.0 Å². The highest BCUT2D eigenvalue weighted by atomic mass is 79.9. The van der Waals surface area contributed by atoms with E-state index >= 15 is 0 Å². The number of benzene rings is 1. The molecule has 1 aliphatic heterocycles. The lowest BCUT2D eigenvalue weighted by Crippen LogP contribution is -2.40. The van der Waals surface area contributed by atoms with Gasteiger partial charge in [-0.2, -0.15) is 0 Å². The number of sulfone groups is 1. The Morgan fingerprint density at radius 3 is 2.79 bits per heavy atom. The number of esters is 1. The van der Waals surface area contributed by atoms with Gasteiger partial charge in [0.05, 0.1) is 11.5 Å². The van der Waals surface area contributed by atoms with Crippen molar-refractivity contribution >= 4 is 43.7 Å². The van der Waals surface area contributed by atoms with Crippen molar-refractivity contribution < 1.29 is 22.7 Å². The van der Waals surface area contributed by atoms with Gasteiger partial charge in [-0.25, -0.2) is 13.2 Å². The van der Waals surface area contributed by atoms with Gasteiger partial charge >= 0.3 is 5.97 Å². The Morgan fingerprint density at radius 2 is 2.17 bits per heavy atom. The van der Waals surface area contributed by atoms with Crippen molar-refractivity contribution in [2.45, 2.75) is 12.5 Å². The molecule has 0 radical (unpaired) electrons. The first-order valence-electron chi connectivity index (χ1n) is 7.33. The van der Waals surface area contributed by atoms with Crippen LogP contribution in [0.5, 0.6) is 0 Å². The second-order valence-corrected chi connectivity index (χ2v) is 8.70. The van der Waals surface area contributed by atoms with Gasteiger partial charge in [0.1, 0.15) is 0 Å². The summed E-state index contributed by atoms with van der Waals surface area (Å²) in [6, 6.07) is 7.02. The monoisotopic (exact) mass is 415 g/mol. The molecular weight excluding hydrogens is 398 g/mol. The van der Waals surface area contributed by atoms with Crippen LogP contribution in [0, 0.1) is 0 Å². The van der Waals surface area contributed by atoms with Gasteiger partial charge in [0.15, 0.2) is 16.4 Å². The van der Waals surface area contributed by atoms with E-state index in [4.69, 9.17) is 4.74 Å². The number of hydrogen-bond donors (Lipinski definition) is 0. The highest BCUT2D eigenvalue weighted by Gasteiger charge is 2.32. The van der Waals surface area contributed by atoms with Crippen LogP contribution in [0.4, 0.5) is 0 Å². The fourth-order valence-electron chi connectivity index (χ4n) is 2.34. The summed E-state index contributed by atoms with van der Waals surface area (Å²) in [5.41, 5.74) is 0.820. The van der Waals surface area contributed by atoms with Crippen LogP contribution in [0.2, 0.25) is 0 Å². The van der Waals surface area contributed by atoms with E-state index in [9.17, 15) is 18.0 Å². The van der Waals surface area contributed by atoms with Gasteiger partial charge in [0.25, 0.3) is 5.91 Å². The summed E-state index contributed by atoms with van der Waals surface area (Å²) in [4.78, 5) is 25.0. The Balaban J connectivity index is 1.82. The van der Waals surface area contributed by atoms with Crippen molar-refractivity contribution in [3.63, 3.8) is 0 Å². The molecule has 0 saturated carbocycles. The van der Waals surface area contributed by atoms with Crippen LogP contribution in [0.25, 0.3) is 6.08 Å². The molecule has 24 heavy (non-hydrogen) atoms. The van der Waals surface area contributed by atoms with Gasteiger partial charge in [-0.05, 0) is 30.2 Å². The molecule has 1 amide bonds. The molecule has 0 aliphatic carbocycles. The second kappa shape index (κ2) is 7.94. The van der Waals surface area contributed by atoms with Crippen molar-refractivity contribution in [3.05, 3.63) is 40.4 Å². The van der Waals surface area contributed by atoms with Gasteiger partial charge < -0.3 is 9.64 Å². The van der Waals surface area contributed by atoms with Crippen LogP contribution in [-0.2, 0) is 24.2 Å². The van der Waals surface area contributed by atoms with E-state index in [1.165, 1.54) is 18.0 Å². The zero-order valence-electron chi connectivity index (χ0n) is 13.1. The maximum Gasteiger partial charge on any atom is 0.331 e. The zero-order valence-corrected chi connectivity index (χ0v) is 15.5. The second-order valence-electron chi connectivity index (χ2n) is 5.56. The third-order valence-electron chi connectivity index (χ3n) is 3.75.